The number of rotatable bonds is 7. The van der Waals surface area contributed by atoms with Crippen LogP contribution < -0.4 is 15.4 Å². The highest BCUT2D eigenvalue weighted by atomic mass is 16.5. The Hall–Kier alpha value is -2.45. The van der Waals surface area contributed by atoms with Gasteiger partial charge in [-0.15, -0.1) is 0 Å². The second-order valence-corrected chi connectivity index (χ2v) is 9.92. The van der Waals surface area contributed by atoms with Gasteiger partial charge in [0.1, 0.15) is 25.0 Å². The molecule has 2 aliphatic carbocycles. The number of carbonyl (C=O) groups excluding carboxylic acids is 3. The van der Waals surface area contributed by atoms with Crippen molar-refractivity contribution in [2.24, 2.45) is 5.92 Å². The van der Waals surface area contributed by atoms with E-state index < -0.39 is 6.04 Å². The molecule has 1 unspecified atom stereocenters. The molecule has 0 radical (unpaired) electrons. The van der Waals surface area contributed by atoms with Crippen LogP contribution in [0.3, 0.4) is 0 Å². The van der Waals surface area contributed by atoms with E-state index in [2.05, 4.69) is 15.4 Å². The van der Waals surface area contributed by atoms with Crippen LogP contribution in [0.1, 0.15) is 67.3 Å². The standard InChI is InChI=1S/C25H33N3O5/c1-32-18-10-15(11-18)13-26-20-4-2-3-5-22(20)33-17-6-7-19-16(12-17)14-28(25(19)31)21-8-9-23(29)27-24(21)30/h6-7,12,15,18,20-22,26H,2-5,8-11,13-14H2,1H3,(H,27,29,30)/p+1/t15?,18?,20-,21?,22+/m0/s1. The Balaban J connectivity index is 1.21. The molecular weight excluding hydrogens is 422 g/mol. The zero-order valence-corrected chi connectivity index (χ0v) is 19.2. The topological polar surface area (TPSA) is 101 Å². The average Bonchev–Trinajstić information content (AvgIpc) is 3.09. The normalized spacial score (nSPS) is 31.7. The first-order valence-electron chi connectivity index (χ1n) is 12.3. The van der Waals surface area contributed by atoms with Crippen molar-refractivity contribution in [2.75, 3.05) is 13.7 Å². The molecular formula is C25H34N3O5+. The van der Waals surface area contributed by atoms with Crippen LogP contribution in [0.5, 0.6) is 5.75 Å². The fraction of sp³-hybridized carbons (Fsp3) is 0.640. The number of hydrogen-bond donors (Lipinski definition) is 2. The molecule has 0 spiro atoms. The number of ether oxygens (including phenoxy) is 2. The van der Waals surface area contributed by atoms with Crippen molar-refractivity contribution in [3.05, 3.63) is 29.3 Å². The van der Waals surface area contributed by atoms with Gasteiger partial charge in [-0.25, -0.2) is 0 Å². The van der Waals surface area contributed by atoms with Crippen molar-refractivity contribution in [3.8, 4) is 5.75 Å². The van der Waals surface area contributed by atoms with Gasteiger partial charge in [-0.05, 0) is 61.9 Å². The van der Waals surface area contributed by atoms with Crippen LogP contribution in [0, 0.1) is 5.92 Å². The first-order valence-corrected chi connectivity index (χ1v) is 12.3. The highest BCUT2D eigenvalue weighted by molar-refractivity contribution is 6.05. The maximum Gasteiger partial charge on any atom is 0.255 e. The van der Waals surface area contributed by atoms with Crippen LogP contribution in [-0.2, 0) is 16.1 Å². The van der Waals surface area contributed by atoms with E-state index in [0.717, 1.165) is 37.1 Å². The van der Waals surface area contributed by atoms with Gasteiger partial charge in [0, 0.05) is 37.4 Å². The summed E-state index contributed by atoms with van der Waals surface area (Å²) < 4.78 is 10.8. The zero-order chi connectivity index (χ0) is 22.9. The van der Waals surface area contributed by atoms with Crippen LogP contribution in [0.4, 0.5) is 0 Å². The predicted molar refractivity (Wildman–Crippen MR) is 122 cm³/mol. The van der Waals surface area contributed by atoms with Crippen molar-refractivity contribution < 1.29 is 23.9 Å². The fourth-order valence-corrected chi connectivity index (χ4v) is 5.67. The first kappa shape index (κ1) is 22.3. The summed E-state index contributed by atoms with van der Waals surface area (Å²) in [5.74, 6) is 0.680. The van der Waals surface area contributed by atoms with Crippen LogP contribution in [0.15, 0.2) is 18.2 Å². The second-order valence-electron chi connectivity index (χ2n) is 9.92. The highest BCUT2D eigenvalue weighted by Gasteiger charge is 2.39. The summed E-state index contributed by atoms with van der Waals surface area (Å²) in [6.45, 7) is 1.39. The lowest BCUT2D eigenvalue weighted by molar-refractivity contribution is -0.136. The van der Waals surface area contributed by atoms with Crippen LogP contribution in [-0.4, -0.2) is 65.3 Å². The Kier molecular flexibility index (Phi) is 6.38. The fourth-order valence-electron chi connectivity index (χ4n) is 5.67. The Morgan fingerprint density at radius 3 is 2.76 bits per heavy atom. The number of nitrogens with one attached hydrogen (secondary N) is 2. The van der Waals surface area contributed by atoms with Gasteiger partial charge in [0.15, 0.2) is 6.10 Å². The smallest absolute Gasteiger partial charge is 0.255 e. The van der Waals surface area contributed by atoms with Gasteiger partial charge in [-0.2, -0.15) is 0 Å². The van der Waals surface area contributed by atoms with E-state index >= 15 is 0 Å². The van der Waals surface area contributed by atoms with Gasteiger partial charge in [0.25, 0.3) is 5.91 Å². The molecule has 1 aromatic rings. The molecule has 1 saturated heterocycles. The van der Waals surface area contributed by atoms with Gasteiger partial charge in [0.05, 0.1) is 0 Å². The zero-order valence-electron chi connectivity index (χ0n) is 19.2. The van der Waals surface area contributed by atoms with E-state index in [9.17, 15) is 14.4 Å². The van der Waals surface area contributed by atoms with Gasteiger partial charge in [0.2, 0.25) is 11.8 Å². The first-order chi connectivity index (χ1) is 16.0. The summed E-state index contributed by atoms with van der Waals surface area (Å²) in [5, 5.41) is 6.10. The lowest BCUT2D eigenvalue weighted by atomic mass is 9.81. The number of nitrogens with zero attached hydrogens (tertiary/aromatic N) is 1. The summed E-state index contributed by atoms with van der Waals surface area (Å²) in [7, 11) is 1.91. The summed E-state index contributed by atoms with van der Waals surface area (Å²) in [4.78, 5) is 38.2. The molecule has 8 heteroatoms. The molecule has 0 bridgehead atoms. The number of fused-ring (bicyclic) bond motifs is 1. The quantitative estimate of drug-likeness (QED) is 0.480. The summed E-state index contributed by atoms with van der Waals surface area (Å²) in [6, 6.07) is 5.38. The van der Waals surface area contributed by atoms with Crippen molar-refractivity contribution in [1.29, 1.82) is 0 Å². The molecule has 2 aliphatic heterocycles. The minimum absolute atomic E-state index is 0.117. The van der Waals surface area contributed by atoms with Crippen LogP contribution in [0.25, 0.3) is 0 Å². The Morgan fingerprint density at radius 1 is 1.15 bits per heavy atom. The molecule has 2 heterocycles. The largest absolute Gasteiger partial charge is 0.489 e. The van der Waals surface area contributed by atoms with Gasteiger partial charge >= 0.3 is 0 Å². The Morgan fingerprint density at radius 2 is 1.97 bits per heavy atom. The van der Waals surface area contributed by atoms with Crippen molar-refractivity contribution >= 4 is 17.7 Å². The number of benzene rings is 1. The highest BCUT2D eigenvalue weighted by Crippen LogP contribution is 2.32. The van der Waals surface area contributed by atoms with Crippen molar-refractivity contribution in [3.63, 3.8) is 0 Å². The van der Waals surface area contributed by atoms with Gasteiger partial charge in [-0.3, -0.25) is 19.7 Å². The predicted octanol–water partition coefficient (Wildman–Crippen LogP) is 1.66. The molecule has 1 aromatic carbocycles. The third kappa shape index (κ3) is 4.64. The molecule has 5 rings (SSSR count). The van der Waals surface area contributed by atoms with Crippen molar-refractivity contribution in [2.45, 2.75) is 82.2 Å². The van der Waals surface area contributed by atoms with Crippen LogP contribution >= 0.6 is 0 Å². The minimum Gasteiger partial charge on any atom is -0.489 e. The van der Waals surface area contributed by atoms with E-state index in [-0.39, 0.29) is 30.2 Å². The van der Waals surface area contributed by atoms with E-state index in [4.69, 9.17) is 4.74 Å². The maximum absolute atomic E-state index is 12.9. The molecule has 3 fully saturated rings. The number of carbonyl (C=O) groups is 3. The second kappa shape index (κ2) is 9.43. The number of piperidine rings is 1. The van der Waals surface area contributed by atoms with Gasteiger partial charge in [-0.1, -0.05) is 6.42 Å². The lowest BCUT2D eigenvalue weighted by Crippen LogP contribution is -2.52. The average molecular weight is 457 g/mol. The number of hydrogen-bond acceptors (Lipinski definition) is 5. The van der Waals surface area contributed by atoms with E-state index in [0.29, 0.717) is 36.6 Å². The molecule has 3 atom stereocenters. The Bertz CT molecular complexity index is 929. The minimum atomic E-state index is -0.592. The lowest BCUT2D eigenvalue weighted by Gasteiger charge is -2.36. The number of aliphatic hydroxyl groups is 2. The number of imide groups is 1. The third-order valence-corrected chi connectivity index (χ3v) is 7.73. The Labute approximate surface area is 194 Å². The summed E-state index contributed by atoms with van der Waals surface area (Å²) in [5.41, 5.74) is 1.50. The third-order valence-electron chi connectivity index (χ3n) is 7.73. The molecule has 0 aromatic heterocycles. The summed E-state index contributed by atoms with van der Waals surface area (Å²) >= 11 is 0. The SMILES string of the molecule is C[OH+]C1CC(CN[C@H]2CCCC[C@H]2Oc2ccc3c(c2)CN(C2CCC(=O)NC2=O)C3=O)C1. The monoisotopic (exact) mass is 456 g/mol. The molecule has 3 N–H and O–H groups in total. The van der Waals surface area contributed by atoms with E-state index in [1.54, 1.807) is 4.90 Å². The van der Waals surface area contributed by atoms with Crippen molar-refractivity contribution in [1.82, 2.24) is 15.5 Å². The molecule has 8 nitrogen and oxygen atoms in total. The van der Waals surface area contributed by atoms with E-state index in [1.165, 1.54) is 19.3 Å². The van der Waals surface area contributed by atoms with E-state index in [1.807, 2.05) is 25.3 Å². The summed E-state index contributed by atoms with van der Waals surface area (Å²) in [6.07, 6.45) is 8.18. The molecule has 3 amide bonds. The van der Waals surface area contributed by atoms with Crippen LogP contribution in [0.2, 0.25) is 0 Å². The molecule has 33 heavy (non-hydrogen) atoms. The molecule has 2 saturated carbocycles. The van der Waals surface area contributed by atoms with Gasteiger partial charge < -0.3 is 19.7 Å². The molecule has 4 aliphatic rings. The molecule has 178 valence electrons. The number of amides is 3. The maximum atomic E-state index is 12.9.